The minimum atomic E-state index is -3.70. The fourth-order valence-corrected chi connectivity index (χ4v) is 3.74. The number of nitro groups is 1. The average molecular weight is 455 g/mol. The van der Waals surface area contributed by atoms with Crippen LogP contribution in [0.4, 0.5) is 10.5 Å². The van der Waals surface area contributed by atoms with Gasteiger partial charge in [0, 0.05) is 12.1 Å². The smallest absolute Gasteiger partial charge is 0.410 e. The van der Waals surface area contributed by atoms with E-state index in [2.05, 4.69) is 15.2 Å². The van der Waals surface area contributed by atoms with Crippen LogP contribution in [0.1, 0.15) is 17.8 Å². The van der Waals surface area contributed by atoms with Crippen molar-refractivity contribution in [3.8, 4) is 0 Å². The molecule has 1 amide bonds. The van der Waals surface area contributed by atoms with Crippen molar-refractivity contribution in [1.82, 2.24) is 20.1 Å². The molecule has 1 aromatic carbocycles. The Labute approximate surface area is 177 Å². The zero-order valence-electron chi connectivity index (χ0n) is 16.5. The van der Waals surface area contributed by atoms with Gasteiger partial charge in [-0.25, -0.2) is 9.78 Å². The van der Waals surface area contributed by atoms with E-state index in [4.69, 9.17) is 13.7 Å². The molecule has 13 nitrogen and oxygen atoms in total. The van der Waals surface area contributed by atoms with Gasteiger partial charge < -0.3 is 14.4 Å². The first-order valence-electron chi connectivity index (χ1n) is 9.18. The summed E-state index contributed by atoms with van der Waals surface area (Å²) >= 11 is 0. The van der Waals surface area contributed by atoms with Crippen molar-refractivity contribution in [3.05, 3.63) is 52.1 Å². The topological polar surface area (TPSA) is 167 Å². The summed E-state index contributed by atoms with van der Waals surface area (Å²) in [5.41, 5.74) is 0.500. The molecule has 1 aliphatic heterocycles. The van der Waals surface area contributed by atoms with Crippen molar-refractivity contribution < 1.29 is 31.8 Å². The molecule has 3 rings (SSSR count). The van der Waals surface area contributed by atoms with Crippen LogP contribution < -0.4 is 0 Å². The number of carbonyl (C=O) groups is 1. The normalized spacial score (nSPS) is 18.8. The number of nitrogens with one attached hydrogen (secondary N) is 1. The van der Waals surface area contributed by atoms with Gasteiger partial charge in [0.05, 0.1) is 36.5 Å². The molecule has 1 fully saturated rings. The number of hydrogen-bond acceptors (Lipinski definition) is 10. The highest BCUT2D eigenvalue weighted by molar-refractivity contribution is 7.86. The van der Waals surface area contributed by atoms with E-state index >= 15 is 0 Å². The van der Waals surface area contributed by atoms with Gasteiger partial charge in [0.25, 0.3) is 15.8 Å². The highest BCUT2D eigenvalue weighted by Crippen LogP contribution is 2.24. The molecule has 0 unspecified atom stereocenters. The van der Waals surface area contributed by atoms with E-state index in [1.54, 1.807) is 0 Å². The van der Waals surface area contributed by atoms with Crippen molar-refractivity contribution in [1.29, 1.82) is 0 Å². The molecule has 2 heterocycles. The predicted molar refractivity (Wildman–Crippen MR) is 104 cm³/mol. The van der Waals surface area contributed by atoms with Crippen LogP contribution in [-0.2, 0) is 37.0 Å². The maximum atomic E-state index is 12.6. The lowest BCUT2D eigenvalue weighted by atomic mass is 10.2. The predicted octanol–water partition coefficient (Wildman–Crippen LogP) is 0.985. The molecule has 0 radical (unpaired) electrons. The number of nitrogens with zero attached hydrogens (tertiary/aromatic N) is 4. The third-order valence-corrected chi connectivity index (χ3v) is 5.07. The van der Waals surface area contributed by atoms with Crippen LogP contribution in [0, 0.1) is 10.1 Å². The molecule has 1 N–H and O–H groups in total. The van der Waals surface area contributed by atoms with Gasteiger partial charge in [-0.15, -0.1) is 0 Å². The second-order valence-corrected chi connectivity index (χ2v) is 8.49. The first-order chi connectivity index (χ1) is 14.7. The van der Waals surface area contributed by atoms with Gasteiger partial charge in [0.15, 0.2) is 0 Å². The van der Waals surface area contributed by atoms with Crippen LogP contribution in [0.2, 0.25) is 0 Å². The summed E-state index contributed by atoms with van der Waals surface area (Å²) in [7, 11) is -3.70. The first kappa shape index (κ1) is 22.6. The quantitative estimate of drug-likeness (QED) is 0.327. The first-order valence-corrected chi connectivity index (χ1v) is 11.0. The second kappa shape index (κ2) is 9.80. The van der Waals surface area contributed by atoms with E-state index in [-0.39, 0.29) is 38.5 Å². The van der Waals surface area contributed by atoms with Crippen molar-refractivity contribution in [3.63, 3.8) is 0 Å². The molecule has 0 bridgehead atoms. The van der Waals surface area contributed by atoms with E-state index < -0.39 is 33.3 Å². The minimum Gasteiger partial charge on any atom is -0.445 e. The highest BCUT2D eigenvalue weighted by atomic mass is 32.2. The molecule has 0 saturated carbocycles. The summed E-state index contributed by atoms with van der Waals surface area (Å²) in [6, 6.07) is 5.13. The number of H-pyrrole nitrogens is 1. The van der Waals surface area contributed by atoms with Crippen molar-refractivity contribution >= 4 is 21.9 Å². The Hall–Kier alpha value is -3.10. The summed E-state index contributed by atoms with van der Waals surface area (Å²) in [4.78, 5) is 28.1. The number of rotatable bonds is 9. The van der Waals surface area contributed by atoms with Crippen LogP contribution in [0.5, 0.6) is 0 Å². The summed E-state index contributed by atoms with van der Waals surface area (Å²) in [5.74, 6) is 0.509. The zero-order valence-corrected chi connectivity index (χ0v) is 17.4. The van der Waals surface area contributed by atoms with E-state index in [0.717, 1.165) is 6.26 Å². The van der Waals surface area contributed by atoms with Gasteiger partial charge in [0.1, 0.15) is 25.4 Å². The molecule has 0 aliphatic carbocycles. The zero-order chi connectivity index (χ0) is 22.4. The summed E-state index contributed by atoms with van der Waals surface area (Å²) in [6.45, 7) is 0.163. The van der Waals surface area contributed by atoms with Crippen LogP contribution in [0.3, 0.4) is 0 Å². The van der Waals surface area contributed by atoms with Gasteiger partial charge in [-0.05, 0) is 24.1 Å². The molecular formula is C17H21N5O8S. The molecule has 1 saturated heterocycles. The van der Waals surface area contributed by atoms with Crippen LogP contribution in [0.15, 0.2) is 30.6 Å². The number of non-ortho nitro benzene ring substituents is 1. The van der Waals surface area contributed by atoms with Gasteiger partial charge in [-0.2, -0.15) is 13.5 Å². The number of benzene rings is 1. The monoisotopic (exact) mass is 455 g/mol. The Bertz CT molecular complexity index is 996. The second-order valence-electron chi connectivity index (χ2n) is 6.89. The van der Waals surface area contributed by atoms with Crippen LogP contribution >= 0.6 is 0 Å². The lowest BCUT2D eigenvalue weighted by Crippen LogP contribution is -2.39. The molecule has 168 valence electrons. The lowest BCUT2D eigenvalue weighted by Gasteiger charge is -2.23. The Balaban J connectivity index is 1.59. The van der Waals surface area contributed by atoms with Crippen molar-refractivity contribution in [2.75, 3.05) is 19.4 Å². The third-order valence-electron chi connectivity index (χ3n) is 4.44. The molecule has 1 aromatic heterocycles. The number of ether oxygens (including phenoxy) is 2. The molecule has 31 heavy (non-hydrogen) atoms. The Morgan fingerprint density at radius 2 is 2.06 bits per heavy atom. The Morgan fingerprint density at radius 1 is 1.32 bits per heavy atom. The fourth-order valence-electron chi connectivity index (χ4n) is 3.11. The number of hydrogen-bond donors (Lipinski definition) is 1. The maximum Gasteiger partial charge on any atom is 0.410 e. The molecule has 2 atom stereocenters. The van der Waals surface area contributed by atoms with Crippen molar-refractivity contribution in [2.45, 2.75) is 31.8 Å². The molecule has 2 aromatic rings. The van der Waals surface area contributed by atoms with E-state index in [0.29, 0.717) is 11.4 Å². The number of aromatic amines is 1. The summed E-state index contributed by atoms with van der Waals surface area (Å²) in [5, 5.41) is 17.1. The van der Waals surface area contributed by atoms with E-state index in [9.17, 15) is 23.3 Å². The van der Waals surface area contributed by atoms with Gasteiger partial charge >= 0.3 is 6.09 Å². The van der Waals surface area contributed by atoms with Gasteiger partial charge in [-0.1, -0.05) is 0 Å². The SMILES string of the molecule is CS(=O)(=O)O[C@@H]1C[C@@H](COCc2ncn[nH]2)N(C(=O)OCc2ccc([N+](=O)[O-])cc2)C1. The lowest BCUT2D eigenvalue weighted by molar-refractivity contribution is -0.384. The fraction of sp³-hybridized carbons (Fsp3) is 0.471. The largest absolute Gasteiger partial charge is 0.445 e. The minimum absolute atomic E-state index is 0.0164. The number of amides is 1. The molecular weight excluding hydrogens is 434 g/mol. The summed E-state index contributed by atoms with van der Waals surface area (Å²) in [6.07, 6.45) is 1.13. The van der Waals surface area contributed by atoms with Crippen LogP contribution in [0.25, 0.3) is 0 Å². The average Bonchev–Trinajstić information content (AvgIpc) is 3.35. The summed E-state index contributed by atoms with van der Waals surface area (Å²) < 4.78 is 38.8. The standard InChI is InChI=1S/C17H21N5O8S/c1-31(26,27)30-15-6-14(9-28-10-16-18-11-19-20-16)21(7-15)17(23)29-8-12-2-4-13(5-3-12)22(24)25/h2-5,11,14-15H,6-10H2,1H3,(H,18,19,20)/t14-,15+/m0/s1. The van der Waals surface area contributed by atoms with E-state index in [1.807, 2.05) is 0 Å². The molecule has 14 heteroatoms. The third kappa shape index (κ3) is 6.70. The van der Waals surface area contributed by atoms with Crippen LogP contribution in [-0.4, -0.2) is 71.1 Å². The molecule has 0 spiro atoms. The Kier molecular flexibility index (Phi) is 7.14. The van der Waals surface area contributed by atoms with Gasteiger partial charge in [0.2, 0.25) is 0 Å². The number of nitro benzene ring substituents is 1. The highest BCUT2D eigenvalue weighted by Gasteiger charge is 2.38. The molecule has 1 aliphatic rings. The number of aromatic nitrogens is 3. The maximum absolute atomic E-state index is 12.6. The number of carbonyl (C=O) groups excluding carboxylic acids is 1. The Morgan fingerprint density at radius 3 is 2.68 bits per heavy atom. The van der Waals surface area contributed by atoms with E-state index in [1.165, 1.54) is 35.5 Å². The van der Waals surface area contributed by atoms with Gasteiger partial charge in [-0.3, -0.25) is 19.4 Å². The van der Waals surface area contributed by atoms with Crippen molar-refractivity contribution in [2.24, 2.45) is 0 Å². The number of likely N-dealkylation sites (tertiary alicyclic amines) is 1.